The summed E-state index contributed by atoms with van der Waals surface area (Å²) >= 11 is 0. The minimum Gasteiger partial charge on any atom is -0.510 e. The van der Waals surface area contributed by atoms with Crippen molar-refractivity contribution in [3.63, 3.8) is 0 Å². The fourth-order valence-electron chi connectivity index (χ4n) is 9.20. The van der Waals surface area contributed by atoms with Gasteiger partial charge in [0.1, 0.15) is 102 Å². The number of ether oxygens (including phenoxy) is 10. The van der Waals surface area contributed by atoms with Crippen LogP contribution in [0, 0.1) is 0 Å². The highest BCUT2D eigenvalue weighted by atomic mass is 16.8. The summed E-state index contributed by atoms with van der Waals surface area (Å²) in [5, 5.41) is 147. The summed E-state index contributed by atoms with van der Waals surface area (Å²) in [6.45, 7) is 2.18. The molecule has 1 aliphatic carbocycles. The van der Waals surface area contributed by atoms with Gasteiger partial charge in [0, 0.05) is 26.7 Å². The highest BCUT2D eigenvalue weighted by Crippen LogP contribution is 2.38. The molecule has 0 aromatic heterocycles. The number of carboxylic acids is 1. The normalized spacial score (nSPS) is 44.8. The average molecular weight is 1070 g/mol. The van der Waals surface area contributed by atoms with Crippen molar-refractivity contribution in [1.82, 2.24) is 16.0 Å². The summed E-state index contributed by atoms with van der Waals surface area (Å²) < 4.78 is 56.9. The van der Waals surface area contributed by atoms with Crippen molar-refractivity contribution in [2.24, 2.45) is 5.73 Å². The number of carbonyl (C=O) groups is 6. The van der Waals surface area contributed by atoms with E-state index in [1.165, 1.54) is 6.92 Å². The molecule has 0 aromatic carbocycles. The molecule has 5 heterocycles. The van der Waals surface area contributed by atoms with Crippen LogP contribution in [0.3, 0.4) is 0 Å². The van der Waals surface area contributed by atoms with Crippen LogP contribution in [0.15, 0.2) is 11.5 Å². The predicted molar refractivity (Wildman–Crippen MR) is 227 cm³/mol. The van der Waals surface area contributed by atoms with Gasteiger partial charge < -0.3 is 135 Å². The van der Waals surface area contributed by atoms with Gasteiger partial charge in [-0.3, -0.25) is 19.2 Å². The number of aliphatic hydroxyl groups excluding tert-OH is 11. The number of hydrogen-bond acceptors (Lipinski definition) is 28. The Bertz CT molecular complexity index is 2080. The molecule has 5 saturated heterocycles. The zero-order valence-electron chi connectivity index (χ0n) is 39.6. The quantitative estimate of drug-likeness (QED) is 0.0682. The molecule has 0 aromatic rings. The number of aliphatic carboxylic acids is 1. The predicted octanol–water partition coefficient (Wildman–Crippen LogP) is -9.77. The van der Waals surface area contributed by atoms with Crippen LogP contribution in [-0.2, 0) is 71.3 Å². The molecule has 5 aliphatic heterocycles. The van der Waals surface area contributed by atoms with Gasteiger partial charge >= 0.3 is 12.1 Å². The van der Waals surface area contributed by atoms with Crippen molar-refractivity contribution < 1.29 is 143 Å². The lowest BCUT2D eigenvalue weighted by atomic mass is 9.85. The van der Waals surface area contributed by atoms with Crippen LogP contribution in [-0.4, -0.2) is 268 Å². The highest BCUT2D eigenvalue weighted by Gasteiger charge is 2.61. The van der Waals surface area contributed by atoms with Crippen molar-refractivity contribution in [3.05, 3.63) is 11.5 Å². The molecular weight excluding hydrogens is 1010 g/mol. The molecule has 0 radical (unpaired) electrons. The smallest absolute Gasteiger partial charge is 0.404 e. The Hall–Kier alpha value is -4.44. The van der Waals surface area contributed by atoms with Crippen molar-refractivity contribution in [2.75, 3.05) is 13.2 Å². The summed E-state index contributed by atoms with van der Waals surface area (Å²) in [5.41, 5.74) is 1.98. The SMILES string of the molecule is CC(=O)NC1[C@H](OC2C(O)O[C@H](C(=O)O)[C@@](C)(O)[C@@H]2OC(N)=O)O[C@H](CO[C@@H]2O[C@H](CO)[C@@H](O)[C@H](O)[C@H]2O)[C@@H](O[C@@H]2O[C@H](C)[C@@H](O[C@@H]3O[C@H](C(=O)NC4=C(O)CCC4=O)[C@H](O)[C@H](O)[C@H]3O)[C@H](O)[C@H]2NC(C)=O)[C@@H]1O. The molecule has 6 aliphatic rings. The Kier molecular flexibility index (Phi) is 19.0. The first kappa shape index (κ1) is 58.8. The number of nitrogens with two attached hydrogens (primary N) is 1. The van der Waals surface area contributed by atoms with Crippen LogP contribution in [0.5, 0.6) is 0 Å². The van der Waals surface area contributed by atoms with Crippen molar-refractivity contribution in [3.8, 4) is 0 Å². The molecule has 3 unspecified atom stereocenters. The first-order chi connectivity index (χ1) is 34.6. The van der Waals surface area contributed by atoms with Crippen LogP contribution >= 0.6 is 0 Å². The average Bonchev–Trinajstić information content (AvgIpc) is 3.63. The fraction of sp³-hybridized carbons (Fsp3) is 0.805. The van der Waals surface area contributed by atoms with Crippen molar-refractivity contribution in [1.29, 1.82) is 0 Å². The Morgan fingerprint density at radius 3 is 1.78 bits per heavy atom. The van der Waals surface area contributed by atoms with Gasteiger partial charge in [0.15, 0.2) is 61.6 Å². The largest absolute Gasteiger partial charge is 0.510 e. The summed E-state index contributed by atoms with van der Waals surface area (Å²) in [6, 6.07) is -3.68. The topological polar surface area (TPSA) is 520 Å². The lowest BCUT2D eigenvalue weighted by molar-refractivity contribution is -0.377. The molecule has 4 amide bonds. The zero-order chi connectivity index (χ0) is 55.0. The Balaban J connectivity index is 1.30. The van der Waals surface area contributed by atoms with Crippen molar-refractivity contribution >= 4 is 35.6 Å². The third kappa shape index (κ3) is 12.4. The third-order valence-corrected chi connectivity index (χ3v) is 13.0. The molecule has 18 N–H and O–H groups in total. The molecule has 0 spiro atoms. The van der Waals surface area contributed by atoms with Gasteiger partial charge in [-0.25, -0.2) is 9.59 Å². The van der Waals surface area contributed by atoms with E-state index < -0.39 is 213 Å². The molecular formula is C41H62N4O29. The van der Waals surface area contributed by atoms with Gasteiger partial charge in [0.05, 0.1) is 19.3 Å². The monoisotopic (exact) mass is 1070 g/mol. The third-order valence-electron chi connectivity index (χ3n) is 13.0. The van der Waals surface area contributed by atoms with Gasteiger partial charge in [-0.2, -0.15) is 0 Å². The summed E-state index contributed by atoms with van der Waals surface area (Å²) in [6.07, 6.45) is -46.1. The second kappa shape index (κ2) is 23.8. The van der Waals surface area contributed by atoms with Crippen molar-refractivity contribution in [2.45, 2.75) is 193 Å². The maximum Gasteiger partial charge on any atom is 0.404 e. The van der Waals surface area contributed by atoms with E-state index in [0.29, 0.717) is 0 Å². The summed E-state index contributed by atoms with van der Waals surface area (Å²) in [7, 11) is 0. The zero-order valence-corrected chi connectivity index (χ0v) is 39.6. The number of carbonyl (C=O) groups excluding carboxylic acids is 5. The first-order valence-corrected chi connectivity index (χ1v) is 22.9. The van der Waals surface area contributed by atoms with Crippen LogP contribution < -0.4 is 21.7 Å². The van der Waals surface area contributed by atoms with E-state index in [2.05, 4.69) is 16.0 Å². The van der Waals surface area contributed by atoms with Crippen LogP contribution in [0.25, 0.3) is 0 Å². The maximum atomic E-state index is 13.2. The number of primary amides is 1. The number of rotatable bonds is 16. The summed E-state index contributed by atoms with van der Waals surface area (Å²) in [5.74, 6) is -6.00. The number of nitrogens with one attached hydrogen (secondary N) is 3. The van der Waals surface area contributed by atoms with Crippen LogP contribution in [0.4, 0.5) is 4.79 Å². The van der Waals surface area contributed by atoms with Gasteiger partial charge in [0.2, 0.25) is 11.8 Å². The lowest BCUT2D eigenvalue weighted by Gasteiger charge is -2.51. The number of ketones is 1. The Labute approximate surface area is 417 Å². The van der Waals surface area contributed by atoms with Crippen LogP contribution in [0.1, 0.15) is 40.5 Å². The highest BCUT2D eigenvalue weighted by molar-refractivity contribution is 6.02. The van der Waals surface area contributed by atoms with Gasteiger partial charge in [0.25, 0.3) is 5.91 Å². The number of carboxylic acid groups (broad SMARTS) is 1. The molecule has 420 valence electrons. The van der Waals surface area contributed by atoms with E-state index in [9.17, 15) is 95.2 Å². The van der Waals surface area contributed by atoms with Gasteiger partial charge in [-0.1, -0.05) is 0 Å². The van der Waals surface area contributed by atoms with E-state index in [-0.39, 0.29) is 12.8 Å². The van der Waals surface area contributed by atoms with E-state index in [1.54, 1.807) is 0 Å². The van der Waals surface area contributed by atoms with E-state index in [0.717, 1.165) is 20.8 Å². The second-order valence-corrected chi connectivity index (χ2v) is 18.5. The number of hydrogen-bond donors (Lipinski definition) is 17. The Morgan fingerprint density at radius 1 is 0.689 bits per heavy atom. The van der Waals surface area contributed by atoms with E-state index >= 15 is 0 Å². The molecule has 33 nitrogen and oxygen atoms in total. The molecule has 0 bridgehead atoms. The minimum absolute atomic E-state index is 0.0958. The van der Waals surface area contributed by atoms with E-state index in [4.69, 9.17) is 53.1 Å². The molecule has 25 atom stereocenters. The molecule has 0 saturated carbocycles. The lowest BCUT2D eigenvalue weighted by Crippen LogP contribution is -2.72. The molecule has 33 heteroatoms. The van der Waals surface area contributed by atoms with Gasteiger partial charge in [-0.05, 0) is 13.8 Å². The molecule has 5 fully saturated rings. The Morgan fingerprint density at radius 2 is 1.23 bits per heavy atom. The number of allylic oxidation sites excluding steroid dienone is 2. The molecule has 74 heavy (non-hydrogen) atoms. The number of amides is 4. The number of Topliss-reactive ketones (excluding diaryl/α,β-unsaturated/α-hetero) is 1. The first-order valence-electron chi connectivity index (χ1n) is 22.9. The van der Waals surface area contributed by atoms with Gasteiger partial charge in [-0.15, -0.1) is 0 Å². The maximum absolute atomic E-state index is 13.2. The standard InChI is InChI=1S/C41H62N4O29/c1-9-27(69-39-26(58)23(55)24(56)29(71-39)33(59)45-16-12(49)5-6-13(16)50)20(52)17(43-10(2)47)36(66-9)70-28-15(8-65-38-25(57)22(54)19(51)14(7-46)67-38)68-37(18(21(28)53)44-11(3)48)72-30-31(74-40(42)63)41(4,64)32(34(60)61)73-35(30)62/h9,14-15,17-32,35-39,46,49,51-58,62,64H,5-8H2,1-4H3,(H2,42,63)(H,43,47)(H,44,48)(H,45,59)(H,60,61)/t9-,14-,15-,17-,18?,19-,20-,21-,22+,23+,24-,25-,26-,27-,28-,29+,30?,31-,32-,35?,36+,37+,38-,39-,41+/m1/s1. The van der Waals surface area contributed by atoms with E-state index in [1.807, 2.05) is 0 Å². The second-order valence-electron chi connectivity index (χ2n) is 18.5. The number of aliphatic hydroxyl groups is 12. The molecule has 6 rings (SSSR count). The minimum atomic E-state index is -2.74. The summed E-state index contributed by atoms with van der Waals surface area (Å²) in [4.78, 5) is 75.0. The van der Waals surface area contributed by atoms with Crippen LogP contribution in [0.2, 0.25) is 0 Å². The fourth-order valence-corrected chi connectivity index (χ4v) is 9.20.